The Labute approximate surface area is 171 Å². The van der Waals surface area contributed by atoms with Crippen molar-refractivity contribution in [2.45, 2.75) is 13.3 Å². The molecule has 0 spiro atoms. The number of ether oxygens (including phenoxy) is 2. The van der Waals surface area contributed by atoms with E-state index in [1.807, 2.05) is 13.0 Å². The summed E-state index contributed by atoms with van der Waals surface area (Å²) < 4.78 is 16.6. The van der Waals surface area contributed by atoms with Gasteiger partial charge in [0, 0.05) is 17.7 Å². The van der Waals surface area contributed by atoms with Crippen molar-refractivity contribution in [2.24, 2.45) is 0 Å². The molecule has 3 aromatic rings. The van der Waals surface area contributed by atoms with Crippen LogP contribution in [0.3, 0.4) is 0 Å². The molecular formula is C20H18ClN3O5. The van der Waals surface area contributed by atoms with Crippen molar-refractivity contribution in [3.8, 4) is 23.0 Å². The van der Waals surface area contributed by atoms with Gasteiger partial charge >= 0.3 is 0 Å². The van der Waals surface area contributed by atoms with Crippen LogP contribution in [0.2, 0.25) is 0 Å². The quantitative estimate of drug-likeness (QED) is 0.369. The molecule has 0 unspecified atom stereocenters. The summed E-state index contributed by atoms with van der Waals surface area (Å²) in [6.07, 6.45) is 2.54. The second-order valence-electron chi connectivity index (χ2n) is 5.97. The normalized spacial score (nSPS) is 11.3. The minimum Gasteiger partial charge on any atom is -0.493 e. The Morgan fingerprint density at radius 3 is 2.79 bits per heavy atom. The number of nitro benzene ring substituents is 1. The van der Waals surface area contributed by atoms with Gasteiger partial charge < -0.3 is 13.9 Å². The maximum absolute atomic E-state index is 10.9. The molecule has 0 aliphatic rings. The Bertz CT molecular complexity index is 1050. The molecule has 0 saturated carbocycles. The summed E-state index contributed by atoms with van der Waals surface area (Å²) in [4.78, 5) is 10.4. The van der Waals surface area contributed by atoms with Crippen molar-refractivity contribution >= 4 is 28.4 Å². The molecule has 1 aromatic heterocycles. The summed E-state index contributed by atoms with van der Waals surface area (Å²) >= 11 is 6.33. The van der Waals surface area contributed by atoms with Crippen LogP contribution in [0.5, 0.6) is 11.5 Å². The summed E-state index contributed by atoms with van der Waals surface area (Å²) in [5, 5.41) is 19.0. The van der Waals surface area contributed by atoms with Gasteiger partial charge in [0.15, 0.2) is 11.5 Å². The van der Waals surface area contributed by atoms with Crippen LogP contribution in [0.4, 0.5) is 5.69 Å². The van der Waals surface area contributed by atoms with E-state index < -0.39 is 4.92 Å². The van der Waals surface area contributed by atoms with Crippen LogP contribution in [-0.4, -0.2) is 28.8 Å². The van der Waals surface area contributed by atoms with Crippen molar-refractivity contribution in [3.63, 3.8) is 0 Å². The first-order valence-corrected chi connectivity index (χ1v) is 9.16. The van der Waals surface area contributed by atoms with Crippen molar-refractivity contribution in [2.75, 3.05) is 13.7 Å². The van der Waals surface area contributed by atoms with E-state index in [-0.39, 0.29) is 22.5 Å². The van der Waals surface area contributed by atoms with Crippen molar-refractivity contribution in [1.82, 2.24) is 10.2 Å². The predicted molar refractivity (Wildman–Crippen MR) is 109 cm³/mol. The monoisotopic (exact) mass is 415 g/mol. The van der Waals surface area contributed by atoms with Crippen LogP contribution in [0.15, 0.2) is 46.9 Å². The van der Waals surface area contributed by atoms with Crippen molar-refractivity contribution in [3.05, 3.63) is 64.0 Å². The number of aromatic nitrogens is 2. The fourth-order valence-corrected chi connectivity index (χ4v) is 2.70. The smallest absolute Gasteiger partial charge is 0.270 e. The summed E-state index contributed by atoms with van der Waals surface area (Å²) in [6.45, 7) is 2.62. The number of hydrogen-bond acceptors (Lipinski definition) is 7. The molecule has 0 saturated heterocycles. The Hall–Kier alpha value is -3.39. The molecular weight excluding hydrogens is 398 g/mol. The van der Waals surface area contributed by atoms with E-state index in [9.17, 15) is 10.1 Å². The molecule has 0 bridgehead atoms. The van der Waals surface area contributed by atoms with Gasteiger partial charge in [-0.3, -0.25) is 10.1 Å². The van der Waals surface area contributed by atoms with Gasteiger partial charge in [-0.05, 0) is 36.3 Å². The largest absolute Gasteiger partial charge is 0.493 e. The van der Waals surface area contributed by atoms with E-state index in [0.717, 1.165) is 12.0 Å². The van der Waals surface area contributed by atoms with Gasteiger partial charge in [-0.15, -0.1) is 10.2 Å². The van der Waals surface area contributed by atoms with Gasteiger partial charge in [-0.1, -0.05) is 30.7 Å². The third kappa shape index (κ3) is 4.91. The van der Waals surface area contributed by atoms with E-state index in [0.29, 0.717) is 23.7 Å². The van der Waals surface area contributed by atoms with Gasteiger partial charge in [0.25, 0.3) is 11.6 Å². The molecule has 0 aliphatic heterocycles. The van der Waals surface area contributed by atoms with Gasteiger partial charge in [-0.25, -0.2) is 0 Å². The molecule has 29 heavy (non-hydrogen) atoms. The zero-order valence-electron chi connectivity index (χ0n) is 15.8. The van der Waals surface area contributed by atoms with Crippen LogP contribution in [0, 0.1) is 10.1 Å². The van der Waals surface area contributed by atoms with E-state index >= 15 is 0 Å². The Morgan fingerprint density at radius 1 is 1.24 bits per heavy atom. The lowest BCUT2D eigenvalue weighted by atomic mass is 10.2. The van der Waals surface area contributed by atoms with Gasteiger partial charge in [0.1, 0.15) is 5.03 Å². The fourth-order valence-electron chi connectivity index (χ4n) is 2.50. The molecule has 0 aliphatic carbocycles. The number of non-ortho nitro benzene ring substituents is 1. The molecule has 0 amide bonds. The van der Waals surface area contributed by atoms with Crippen LogP contribution >= 0.6 is 11.6 Å². The molecule has 9 heteroatoms. The fraction of sp³-hybridized carbons (Fsp3) is 0.200. The first kappa shape index (κ1) is 20.3. The Morgan fingerprint density at radius 2 is 2.07 bits per heavy atom. The number of hydrogen-bond donors (Lipinski definition) is 0. The minimum atomic E-state index is -0.491. The zero-order chi connectivity index (χ0) is 20.8. The first-order valence-electron chi connectivity index (χ1n) is 8.78. The average Bonchev–Trinajstić information content (AvgIpc) is 3.23. The Kier molecular flexibility index (Phi) is 6.46. The first-order chi connectivity index (χ1) is 14.0. The summed E-state index contributed by atoms with van der Waals surface area (Å²) in [7, 11) is 1.56. The van der Waals surface area contributed by atoms with Crippen LogP contribution in [0.1, 0.15) is 24.8 Å². The van der Waals surface area contributed by atoms with Crippen LogP contribution in [0.25, 0.3) is 22.6 Å². The molecule has 0 fully saturated rings. The minimum absolute atomic E-state index is 0.0682. The Balaban J connectivity index is 1.84. The molecule has 0 N–H and O–H groups in total. The van der Waals surface area contributed by atoms with Gasteiger partial charge in [-0.2, -0.15) is 0 Å². The van der Waals surface area contributed by atoms with E-state index in [2.05, 4.69) is 10.2 Å². The maximum atomic E-state index is 10.9. The number of benzene rings is 2. The summed E-state index contributed by atoms with van der Waals surface area (Å²) in [6, 6.07) is 11.3. The lowest BCUT2D eigenvalue weighted by Crippen LogP contribution is -1.97. The third-order valence-corrected chi connectivity index (χ3v) is 4.15. The number of rotatable bonds is 8. The SMILES string of the molecule is CCCOc1ccc(/C=C(\Cl)c2nnc(-c3cccc([N+](=O)[O-])c3)o2)cc1OC. The molecule has 0 atom stereocenters. The van der Waals surface area contributed by atoms with Crippen LogP contribution in [-0.2, 0) is 0 Å². The summed E-state index contributed by atoms with van der Waals surface area (Å²) in [5.41, 5.74) is 1.12. The molecule has 2 aromatic carbocycles. The lowest BCUT2D eigenvalue weighted by molar-refractivity contribution is -0.384. The topological polar surface area (TPSA) is 101 Å². The molecule has 0 radical (unpaired) electrons. The lowest BCUT2D eigenvalue weighted by Gasteiger charge is -2.10. The molecule has 3 rings (SSSR count). The standard InChI is InChI=1S/C20H18ClN3O5/c1-3-9-28-17-8-7-13(11-18(17)27-2)10-16(21)20-23-22-19(29-20)14-5-4-6-15(12-14)24(25)26/h4-8,10-12H,3,9H2,1-2H3/b16-10-. The van der Waals surface area contributed by atoms with Gasteiger partial charge in [0.2, 0.25) is 5.89 Å². The molecule has 8 nitrogen and oxygen atoms in total. The number of nitro groups is 1. The van der Waals surface area contributed by atoms with E-state index in [1.54, 1.807) is 37.5 Å². The highest BCUT2D eigenvalue weighted by atomic mass is 35.5. The highest BCUT2D eigenvalue weighted by molar-refractivity contribution is 6.50. The number of nitrogens with zero attached hydrogens (tertiary/aromatic N) is 3. The second kappa shape index (κ2) is 9.20. The number of methoxy groups -OCH3 is 1. The van der Waals surface area contributed by atoms with E-state index in [1.165, 1.54) is 12.1 Å². The maximum Gasteiger partial charge on any atom is 0.270 e. The van der Waals surface area contributed by atoms with Crippen molar-refractivity contribution < 1.29 is 18.8 Å². The van der Waals surface area contributed by atoms with E-state index in [4.69, 9.17) is 25.5 Å². The highest BCUT2D eigenvalue weighted by Gasteiger charge is 2.15. The zero-order valence-corrected chi connectivity index (χ0v) is 16.5. The summed E-state index contributed by atoms with van der Waals surface area (Å²) in [5.74, 6) is 1.46. The number of halogens is 1. The molecule has 150 valence electrons. The third-order valence-electron chi connectivity index (χ3n) is 3.88. The average molecular weight is 416 g/mol. The van der Waals surface area contributed by atoms with Crippen molar-refractivity contribution in [1.29, 1.82) is 0 Å². The molecule has 1 heterocycles. The second-order valence-corrected chi connectivity index (χ2v) is 6.38. The van der Waals surface area contributed by atoms with Crippen LogP contribution < -0.4 is 9.47 Å². The predicted octanol–water partition coefficient (Wildman–Crippen LogP) is 5.18. The highest BCUT2D eigenvalue weighted by Crippen LogP contribution is 2.31. The van der Waals surface area contributed by atoms with Gasteiger partial charge in [0.05, 0.1) is 18.6 Å².